The predicted molar refractivity (Wildman–Crippen MR) is 105 cm³/mol. The smallest absolute Gasteiger partial charge is 0.240 e. The molecule has 0 bridgehead atoms. The summed E-state index contributed by atoms with van der Waals surface area (Å²) >= 11 is 5.93. The van der Waals surface area contributed by atoms with Crippen LogP contribution in [0.4, 0.5) is 5.69 Å². The highest BCUT2D eigenvalue weighted by molar-refractivity contribution is 7.89. The Balaban J connectivity index is 2.33. The summed E-state index contributed by atoms with van der Waals surface area (Å²) in [7, 11) is -2.24. The summed E-state index contributed by atoms with van der Waals surface area (Å²) in [5.74, 6) is -0.515. The molecule has 26 heavy (non-hydrogen) atoms. The summed E-state index contributed by atoms with van der Waals surface area (Å²) in [6.07, 6.45) is 0. The van der Waals surface area contributed by atoms with E-state index in [4.69, 9.17) is 11.6 Å². The highest BCUT2D eigenvalue weighted by Crippen LogP contribution is 2.28. The molecule has 0 radical (unpaired) electrons. The van der Waals surface area contributed by atoms with Gasteiger partial charge in [-0.05, 0) is 55.3 Å². The second kappa shape index (κ2) is 8.20. The maximum absolute atomic E-state index is 12.8. The summed E-state index contributed by atoms with van der Waals surface area (Å²) in [5.41, 5.74) is 1.90. The first-order chi connectivity index (χ1) is 12.2. The lowest BCUT2D eigenvalue weighted by molar-refractivity contribution is -0.118. The minimum absolute atomic E-state index is 0.0575. The van der Waals surface area contributed by atoms with Crippen molar-refractivity contribution in [1.29, 1.82) is 0 Å². The summed E-state index contributed by atoms with van der Waals surface area (Å²) in [5, 5.41) is 3.44. The molecule has 140 valence electrons. The molecule has 7 heteroatoms. The molecule has 2 N–H and O–H groups in total. The van der Waals surface area contributed by atoms with E-state index in [1.54, 1.807) is 31.2 Å². The van der Waals surface area contributed by atoms with Gasteiger partial charge in [-0.3, -0.25) is 4.79 Å². The average Bonchev–Trinajstić information content (AvgIpc) is 2.58. The van der Waals surface area contributed by atoms with Crippen molar-refractivity contribution in [3.05, 3.63) is 58.6 Å². The zero-order valence-electron chi connectivity index (χ0n) is 15.2. The van der Waals surface area contributed by atoms with Gasteiger partial charge in [-0.15, -0.1) is 0 Å². The molecule has 0 aliphatic rings. The van der Waals surface area contributed by atoms with Gasteiger partial charge in [0.2, 0.25) is 15.9 Å². The van der Waals surface area contributed by atoms with E-state index in [1.165, 1.54) is 13.1 Å². The summed E-state index contributed by atoms with van der Waals surface area (Å²) in [6, 6.07) is 12.0. The third-order valence-electron chi connectivity index (χ3n) is 4.19. The van der Waals surface area contributed by atoms with E-state index in [2.05, 4.69) is 10.0 Å². The van der Waals surface area contributed by atoms with Gasteiger partial charge in [-0.25, -0.2) is 13.1 Å². The van der Waals surface area contributed by atoms with E-state index in [-0.39, 0.29) is 22.6 Å². The zero-order chi connectivity index (χ0) is 19.5. The normalized spacial score (nSPS) is 12.8. The van der Waals surface area contributed by atoms with Crippen molar-refractivity contribution in [3.63, 3.8) is 0 Å². The standard InChI is InChI=1S/C19H23ClN2O3S/c1-12(2)18(14-6-8-15(20)9-7-14)19(23)22-16-10-5-13(3)17(11-16)26(24,25)21-4/h5-12,18,21H,1-4H3,(H,22,23)/t18-/m0/s1. The quantitative estimate of drug-likeness (QED) is 0.779. The van der Waals surface area contributed by atoms with E-state index >= 15 is 0 Å². The molecule has 2 aromatic carbocycles. The molecular formula is C19H23ClN2O3S. The van der Waals surface area contributed by atoms with Crippen LogP contribution in [0.25, 0.3) is 0 Å². The predicted octanol–water partition coefficient (Wildman–Crippen LogP) is 3.93. The molecule has 0 spiro atoms. The van der Waals surface area contributed by atoms with Gasteiger partial charge >= 0.3 is 0 Å². The lowest BCUT2D eigenvalue weighted by atomic mass is 9.87. The van der Waals surface area contributed by atoms with Crippen molar-refractivity contribution in [3.8, 4) is 0 Å². The van der Waals surface area contributed by atoms with Crippen molar-refractivity contribution in [2.75, 3.05) is 12.4 Å². The minimum Gasteiger partial charge on any atom is -0.326 e. The van der Waals surface area contributed by atoms with Gasteiger partial charge in [0, 0.05) is 10.7 Å². The van der Waals surface area contributed by atoms with E-state index in [9.17, 15) is 13.2 Å². The number of amides is 1. The highest BCUT2D eigenvalue weighted by atomic mass is 35.5. The van der Waals surface area contributed by atoms with E-state index in [0.29, 0.717) is 16.3 Å². The van der Waals surface area contributed by atoms with E-state index < -0.39 is 10.0 Å². The summed E-state index contributed by atoms with van der Waals surface area (Å²) in [4.78, 5) is 13.0. The van der Waals surface area contributed by atoms with Gasteiger partial charge in [0.05, 0.1) is 10.8 Å². The zero-order valence-corrected chi connectivity index (χ0v) is 16.8. The second-order valence-electron chi connectivity index (χ2n) is 6.45. The molecule has 5 nitrogen and oxygen atoms in total. The van der Waals surface area contributed by atoms with E-state index in [1.807, 2.05) is 26.0 Å². The molecule has 2 rings (SSSR count). The van der Waals surface area contributed by atoms with Crippen LogP contribution in [0.1, 0.15) is 30.9 Å². The molecule has 0 saturated carbocycles. The van der Waals surface area contributed by atoms with Crippen LogP contribution in [0.3, 0.4) is 0 Å². The Hall–Kier alpha value is -1.89. The first-order valence-corrected chi connectivity index (χ1v) is 10.1. The van der Waals surface area contributed by atoms with Crippen LogP contribution in [0, 0.1) is 12.8 Å². The molecule has 0 aromatic heterocycles. The maximum Gasteiger partial charge on any atom is 0.240 e. The number of carbonyl (C=O) groups is 1. The number of nitrogens with one attached hydrogen (secondary N) is 2. The van der Waals surface area contributed by atoms with Crippen molar-refractivity contribution < 1.29 is 13.2 Å². The van der Waals surface area contributed by atoms with Gasteiger partial charge in [-0.2, -0.15) is 0 Å². The largest absolute Gasteiger partial charge is 0.326 e. The molecule has 0 aliphatic carbocycles. The second-order valence-corrected chi connectivity index (χ2v) is 8.74. The number of anilines is 1. The van der Waals surface area contributed by atoms with Crippen LogP contribution in [-0.2, 0) is 14.8 Å². The first kappa shape index (κ1) is 20.4. The third kappa shape index (κ3) is 4.63. The number of aryl methyl sites for hydroxylation is 1. The van der Waals surface area contributed by atoms with Crippen molar-refractivity contribution >= 4 is 33.2 Å². The average molecular weight is 395 g/mol. The fourth-order valence-corrected chi connectivity index (χ4v) is 3.93. The van der Waals surface area contributed by atoms with Gasteiger partial charge in [-0.1, -0.05) is 43.6 Å². The Morgan fingerprint density at radius 3 is 2.23 bits per heavy atom. The number of sulfonamides is 1. The van der Waals surface area contributed by atoms with Crippen LogP contribution in [0.2, 0.25) is 5.02 Å². The fraction of sp³-hybridized carbons (Fsp3) is 0.316. The Kier molecular flexibility index (Phi) is 6.44. The molecule has 0 aliphatic heterocycles. The summed E-state index contributed by atoms with van der Waals surface area (Å²) in [6.45, 7) is 5.64. The number of hydrogen-bond acceptors (Lipinski definition) is 3. The Morgan fingerprint density at radius 2 is 1.69 bits per heavy atom. The van der Waals surface area contributed by atoms with Crippen molar-refractivity contribution in [1.82, 2.24) is 4.72 Å². The monoisotopic (exact) mass is 394 g/mol. The number of halogens is 1. The molecule has 1 amide bonds. The lowest BCUT2D eigenvalue weighted by Gasteiger charge is -2.21. The van der Waals surface area contributed by atoms with Crippen LogP contribution < -0.4 is 10.0 Å². The Labute approximate surface area is 159 Å². The molecular weight excluding hydrogens is 372 g/mol. The first-order valence-electron chi connectivity index (χ1n) is 8.26. The molecule has 0 saturated heterocycles. The molecule has 2 aromatic rings. The van der Waals surface area contributed by atoms with Gasteiger partial charge in [0.1, 0.15) is 0 Å². The van der Waals surface area contributed by atoms with Crippen molar-refractivity contribution in [2.24, 2.45) is 5.92 Å². The fourth-order valence-electron chi connectivity index (χ4n) is 2.81. The van der Waals surface area contributed by atoms with Crippen LogP contribution in [0.5, 0.6) is 0 Å². The van der Waals surface area contributed by atoms with Gasteiger partial charge in [0.25, 0.3) is 0 Å². The Morgan fingerprint density at radius 1 is 1.08 bits per heavy atom. The van der Waals surface area contributed by atoms with Crippen LogP contribution in [0.15, 0.2) is 47.4 Å². The Bertz CT molecular complexity index is 894. The molecule has 0 fully saturated rings. The number of benzene rings is 2. The number of hydrogen-bond donors (Lipinski definition) is 2. The number of carbonyl (C=O) groups excluding carboxylic acids is 1. The minimum atomic E-state index is -3.60. The summed E-state index contributed by atoms with van der Waals surface area (Å²) < 4.78 is 26.5. The molecule has 1 atom stereocenters. The van der Waals surface area contributed by atoms with Crippen molar-refractivity contribution in [2.45, 2.75) is 31.6 Å². The third-order valence-corrected chi connectivity index (χ3v) is 6.00. The topological polar surface area (TPSA) is 75.3 Å². The van der Waals surface area contributed by atoms with Gasteiger partial charge in [0.15, 0.2) is 0 Å². The van der Waals surface area contributed by atoms with Gasteiger partial charge < -0.3 is 5.32 Å². The number of rotatable bonds is 6. The lowest BCUT2D eigenvalue weighted by Crippen LogP contribution is -2.25. The molecule has 0 heterocycles. The van der Waals surface area contributed by atoms with E-state index in [0.717, 1.165) is 5.56 Å². The molecule has 0 unspecified atom stereocenters. The highest BCUT2D eigenvalue weighted by Gasteiger charge is 2.25. The SMILES string of the molecule is CNS(=O)(=O)c1cc(NC(=O)[C@H](c2ccc(Cl)cc2)C(C)C)ccc1C. The maximum atomic E-state index is 12.8. The van der Waals surface area contributed by atoms with Crippen LogP contribution in [-0.4, -0.2) is 21.4 Å². The van der Waals surface area contributed by atoms with Crippen LogP contribution >= 0.6 is 11.6 Å².